The van der Waals surface area contributed by atoms with Crippen LogP contribution in [0, 0.1) is 15.3 Å². The van der Waals surface area contributed by atoms with E-state index < -0.39 is 33.9 Å². The van der Waals surface area contributed by atoms with Gasteiger partial charge in [0.2, 0.25) is 10.0 Å². The highest BCUT2D eigenvalue weighted by molar-refractivity contribution is 14.1. The number of amides is 1. The number of aldehydes is 2. The van der Waals surface area contributed by atoms with E-state index in [1.807, 2.05) is 22.6 Å². The topological polar surface area (TPSA) is 101 Å². The Morgan fingerprint density at radius 1 is 1.24 bits per heavy atom. The number of nitrogens with zero attached hydrogens (tertiary/aromatic N) is 2. The van der Waals surface area contributed by atoms with Crippen LogP contribution in [0.4, 0.5) is 14.9 Å². The van der Waals surface area contributed by atoms with Gasteiger partial charge in [-0.05, 0) is 78.8 Å². The minimum absolute atomic E-state index is 0.172. The van der Waals surface area contributed by atoms with Crippen LogP contribution < -0.4 is 4.31 Å². The minimum atomic E-state index is -4.14. The van der Waals surface area contributed by atoms with Crippen LogP contribution in [-0.4, -0.2) is 57.1 Å². The van der Waals surface area contributed by atoms with Crippen molar-refractivity contribution in [2.24, 2.45) is 5.92 Å². The van der Waals surface area contributed by atoms with Gasteiger partial charge in [-0.1, -0.05) is 6.08 Å². The van der Waals surface area contributed by atoms with E-state index in [-0.39, 0.29) is 23.6 Å². The lowest BCUT2D eigenvalue weighted by Crippen LogP contribution is -2.45. The smallest absolute Gasteiger partial charge is 0.411 e. The molecular weight excluding hydrogens is 566 g/mol. The third-order valence-corrected chi connectivity index (χ3v) is 9.02. The van der Waals surface area contributed by atoms with E-state index in [0.717, 1.165) is 16.7 Å². The molecule has 1 atom stereocenters. The largest absolute Gasteiger partial charge is 0.427 e. The Morgan fingerprint density at radius 2 is 1.97 bits per heavy atom. The van der Waals surface area contributed by atoms with Crippen molar-refractivity contribution < 1.29 is 31.9 Å². The van der Waals surface area contributed by atoms with Crippen molar-refractivity contribution in [2.45, 2.75) is 43.8 Å². The zero-order valence-electron chi connectivity index (χ0n) is 18.0. The normalized spacial score (nSPS) is 19.5. The molecule has 0 bridgehead atoms. The molecule has 0 N–H and O–H groups in total. The van der Waals surface area contributed by atoms with Crippen molar-refractivity contribution in [3.05, 3.63) is 39.2 Å². The fourth-order valence-electron chi connectivity index (χ4n) is 4.12. The molecule has 1 aliphatic carbocycles. The van der Waals surface area contributed by atoms with Gasteiger partial charge < -0.3 is 14.4 Å². The summed E-state index contributed by atoms with van der Waals surface area (Å²) in [6.07, 6.45) is 5.64. The van der Waals surface area contributed by atoms with Crippen LogP contribution in [0.3, 0.4) is 0 Å². The van der Waals surface area contributed by atoms with Gasteiger partial charge >= 0.3 is 6.09 Å². The Bertz CT molecular complexity index is 1020. The number of hydrogen-bond acceptors (Lipinski definition) is 6. The number of carbonyl (C=O) groups excluding carboxylic acids is 3. The van der Waals surface area contributed by atoms with Crippen LogP contribution in [-0.2, 0) is 24.3 Å². The maximum atomic E-state index is 13.7. The van der Waals surface area contributed by atoms with Gasteiger partial charge in [0.05, 0.1) is 5.69 Å². The molecular formula is C22H26FIN2O6S. The number of anilines is 1. The molecule has 0 spiro atoms. The number of sulfonamides is 1. The molecule has 0 aromatic heterocycles. The summed E-state index contributed by atoms with van der Waals surface area (Å²) in [5.41, 5.74) is 0.345. The molecule has 180 valence electrons. The molecule has 8 nitrogen and oxygen atoms in total. The standard InChI is InChI=1S/C22H26FIN2O6S/c23-18-5-6-20(19(24)13-18)26(33(30,31)21-4-2-1-3-17(21)14-28)15-32-22(29)25-10-7-16(8-11-25)9-12-27/h3,5-6,12-14,16,21H,1-2,4,7-11,15H2. The van der Waals surface area contributed by atoms with Gasteiger partial charge in [-0.2, -0.15) is 0 Å². The number of hydrogen-bond donors (Lipinski definition) is 0. The SMILES string of the molecule is O=CCC1CCN(C(=O)OCN(c2ccc(F)cc2I)S(=O)(=O)C2CCCC=C2C=O)CC1. The first kappa shape index (κ1) is 25.6. The van der Waals surface area contributed by atoms with Crippen LogP contribution >= 0.6 is 22.6 Å². The number of ether oxygens (including phenoxy) is 1. The number of piperidine rings is 1. The summed E-state index contributed by atoms with van der Waals surface area (Å²) in [5, 5.41) is -1.07. The summed E-state index contributed by atoms with van der Waals surface area (Å²) in [6.45, 7) is 0.233. The fourth-order valence-corrected chi connectivity index (χ4v) is 6.96. The molecule has 0 radical (unpaired) electrons. The van der Waals surface area contributed by atoms with Crippen LogP contribution in [0.2, 0.25) is 0 Å². The second-order valence-electron chi connectivity index (χ2n) is 8.10. The summed E-state index contributed by atoms with van der Waals surface area (Å²) >= 11 is 1.83. The van der Waals surface area contributed by atoms with Crippen LogP contribution in [0.25, 0.3) is 0 Å². The Kier molecular flexibility index (Phi) is 8.85. The molecule has 1 amide bonds. The van der Waals surface area contributed by atoms with E-state index in [2.05, 4.69) is 0 Å². The minimum Gasteiger partial charge on any atom is -0.427 e. The highest BCUT2D eigenvalue weighted by Gasteiger charge is 2.37. The highest BCUT2D eigenvalue weighted by Crippen LogP contribution is 2.32. The van der Waals surface area contributed by atoms with E-state index in [4.69, 9.17) is 4.74 Å². The molecule has 0 saturated carbocycles. The van der Waals surface area contributed by atoms with Crippen molar-refractivity contribution in [1.82, 2.24) is 4.90 Å². The average Bonchev–Trinajstić information content (AvgIpc) is 2.80. The zero-order chi connectivity index (χ0) is 24.0. The summed E-state index contributed by atoms with van der Waals surface area (Å²) in [7, 11) is -4.14. The van der Waals surface area contributed by atoms with Crippen LogP contribution in [0.1, 0.15) is 38.5 Å². The van der Waals surface area contributed by atoms with Crippen molar-refractivity contribution in [2.75, 3.05) is 24.1 Å². The zero-order valence-corrected chi connectivity index (χ0v) is 21.0. The van der Waals surface area contributed by atoms with E-state index in [1.165, 1.54) is 17.0 Å². The summed E-state index contributed by atoms with van der Waals surface area (Å²) in [5.74, 6) is -0.300. The van der Waals surface area contributed by atoms with Crippen molar-refractivity contribution in [3.8, 4) is 0 Å². The molecule has 1 fully saturated rings. The van der Waals surface area contributed by atoms with E-state index in [9.17, 15) is 27.2 Å². The average molecular weight is 592 g/mol. The number of rotatable bonds is 8. The van der Waals surface area contributed by atoms with Gasteiger partial charge in [-0.15, -0.1) is 0 Å². The lowest BCUT2D eigenvalue weighted by molar-refractivity contribution is -0.109. The van der Waals surface area contributed by atoms with Gasteiger partial charge in [0.25, 0.3) is 0 Å². The molecule has 3 rings (SSSR count). The van der Waals surface area contributed by atoms with Crippen molar-refractivity contribution >= 4 is 57.0 Å². The molecule has 33 heavy (non-hydrogen) atoms. The van der Waals surface area contributed by atoms with Crippen molar-refractivity contribution in [3.63, 3.8) is 0 Å². The third-order valence-electron chi connectivity index (χ3n) is 6.01. The molecule has 1 aromatic carbocycles. The lowest BCUT2D eigenvalue weighted by atomic mass is 9.94. The number of halogens is 2. The molecule has 1 aromatic rings. The molecule has 2 aliphatic rings. The van der Waals surface area contributed by atoms with E-state index in [0.29, 0.717) is 55.0 Å². The van der Waals surface area contributed by atoms with Crippen molar-refractivity contribution in [1.29, 1.82) is 0 Å². The quantitative estimate of drug-likeness (QED) is 0.260. The number of carbonyl (C=O) groups is 3. The molecule has 1 saturated heterocycles. The summed E-state index contributed by atoms with van der Waals surface area (Å²) in [6, 6.07) is 3.65. The first-order valence-corrected chi connectivity index (χ1v) is 13.3. The maximum absolute atomic E-state index is 13.7. The van der Waals surface area contributed by atoms with Gasteiger partial charge in [-0.25, -0.2) is 21.9 Å². The maximum Gasteiger partial charge on any atom is 0.411 e. The van der Waals surface area contributed by atoms with E-state index in [1.54, 1.807) is 6.08 Å². The molecule has 1 heterocycles. The first-order chi connectivity index (χ1) is 15.8. The fraction of sp³-hybridized carbons (Fsp3) is 0.500. The number of allylic oxidation sites excluding steroid dienone is 1. The first-order valence-electron chi connectivity index (χ1n) is 10.7. The van der Waals surface area contributed by atoms with Gasteiger partial charge in [-0.3, -0.25) is 4.79 Å². The predicted molar refractivity (Wildman–Crippen MR) is 129 cm³/mol. The summed E-state index contributed by atoms with van der Waals surface area (Å²) < 4.78 is 47.5. The number of likely N-dealkylation sites (tertiary alicyclic amines) is 1. The van der Waals surface area contributed by atoms with Crippen LogP contribution in [0.15, 0.2) is 29.8 Å². The Labute approximate surface area is 206 Å². The van der Waals surface area contributed by atoms with Gasteiger partial charge in [0.1, 0.15) is 23.6 Å². The molecule has 1 aliphatic heterocycles. The van der Waals surface area contributed by atoms with E-state index >= 15 is 0 Å². The number of benzene rings is 1. The van der Waals surface area contributed by atoms with Crippen LogP contribution in [0.5, 0.6) is 0 Å². The van der Waals surface area contributed by atoms with Gasteiger partial charge in [0, 0.05) is 28.7 Å². The lowest BCUT2D eigenvalue weighted by Gasteiger charge is -2.33. The monoisotopic (exact) mass is 592 g/mol. The predicted octanol–water partition coefficient (Wildman–Crippen LogP) is 3.64. The third kappa shape index (κ3) is 6.11. The Hall–Kier alpha value is -2.02. The second kappa shape index (κ2) is 11.4. The molecule has 11 heteroatoms. The van der Waals surface area contributed by atoms with Gasteiger partial charge in [0.15, 0.2) is 6.73 Å². The highest BCUT2D eigenvalue weighted by atomic mass is 127. The summed E-state index contributed by atoms with van der Waals surface area (Å²) in [4.78, 5) is 36.3. The Balaban J connectivity index is 1.82. The second-order valence-corrected chi connectivity index (χ2v) is 11.3. The Morgan fingerprint density at radius 3 is 2.61 bits per heavy atom. The molecule has 1 unspecified atom stereocenters.